The number of rotatable bonds is 15. The van der Waals surface area contributed by atoms with Gasteiger partial charge in [0, 0.05) is 36.9 Å². The Morgan fingerprint density at radius 3 is 2.42 bits per heavy atom. The molecule has 1 saturated carbocycles. The summed E-state index contributed by atoms with van der Waals surface area (Å²) in [6, 6.07) is 19.8. The number of nitrogens with zero attached hydrogens (tertiary/aromatic N) is 1. The quantitative estimate of drug-likeness (QED) is 0.192. The molecule has 3 aromatic carbocycles. The summed E-state index contributed by atoms with van der Waals surface area (Å²) in [7, 11) is 1.71. The van der Waals surface area contributed by atoms with Gasteiger partial charge in [-0.2, -0.15) is 0 Å². The van der Waals surface area contributed by atoms with Crippen LogP contribution in [0.1, 0.15) is 53.5 Å². The van der Waals surface area contributed by atoms with Crippen molar-refractivity contribution >= 4 is 23.1 Å². The van der Waals surface area contributed by atoms with Gasteiger partial charge in [-0.3, -0.25) is 4.79 Å². The second-order valence-corrected chi connectivity index (χ2v) is 12.4. The Labute approximate surface area is 272 Å². The van der Waals surface area contributed by atoms with Crippen LogP contribution in [-0.2, 0) is 22.5 Å². The zero-order valence-corrected chi connectivity index (χ0v) is 27.4. The van der Waals surface area contributed by atoms with Crippen molar-refractivity contribution in [3.8, 4) is 11.5 Å². The smallest absolute Gasteiger partial charge is 0.252 e. The number of carbonyl (C=O) groups is 1. The average molecular weight is 633 g/mol. The Bertz CT molecular complexity index is 1460. The second kappa shape index (κ2) is 15.8. The first-order valence-electron chi connectivity index (χ1n) is 16.0. The number of halogens is 1. The van der Waals surface area contributed by atoms with Gasteiger partial charge >= 0.3 is 0 Å². The summed E-state index contributed by atoms with van der Waals surface area (Å²) in [4.78, 5) is 16.3. The van der Waals surface area contributed by atoms with Crippen molar-refractivity contribution in [2.24, 2.45) is 0 Å². The largest absolute Gasteiger partial charge is 0.490 e. The van der Waals surface area contributed by atoms with E-state index in [0.29, 0.717) is 49.9 Å². The van der Waals surface area contributed by atoms with Gasteiger partial charge in [-0.25, -0.2) is 0 Å². The van der Waals surface area contributed by atoms with E-state index in [9.17, 15) is 9.90 Å². The molecule has 45 heavy (non-hydrogen) atoms. The van der Waals surface area contributed by atoms with Gasteiger partial charge < -0.3 is 29.5 Å². The number of para-hydroxylation sites is 1. The maximum absolute atomic E-state index is 14.4. The summed E-state index contributed by atoms with van der Waals surface area (Å²) in [5, 5.41) is 14.4. The minimum atomic E-state index is -0.434. The predicted octanol–water partition coefficient (Wildman–Crippen LogP) is 6.29. The van der Waals surface area contributed by atoms with E-state index in [2.05, 4.69) is 11.4 Å². The molecule has 0 radical (unpaired) electrons. The lowest BCUT2D eigenvalue weighted by atomic mass is 9.88. The van der Waals surface area contributed by atoms with Gasteiger partial charge in [-0.1, -0.05) is 54.1 Å². The third kappa shape index (κ3) is 8.47. The molecule has 1 amide bonds. The highest BCUT2D eigenvalue weighted by atomic mass is 35.5. The summed E-state index contributed by atoms with van der Waals surface area (Å²) in [5.74, 6) is 1.61. The van der Waals surface area contributed by atoms with Crippen LogP contribution < -0.4 is 14.8 Å². The molecular formula is C37H45ClN2O5. The van der Waals surface area contributed by atoms with Crippen LogP contribution in [0.25, 0.3) is 5.57 Å². The fourth-order valence-electron chi connectivity index (χ4n) is 6.05. The second-order valence-electron chi connectivity index (χ2n) is 12.0. The van der Waals surface area contributed by atoms with Crippen LogP contribution in [0.2, 0.25) is 5.02 Å². The first-order valence-corrected chi connectivity index (χ1v) is 16.3. The minimum Gasteiger partial charge on any atom is -0.490 e. The maximum atomic E-state index is 14.4. The summed E-state index contributed by atoms with van der Waals surface area (Å²) in [6.07, 6.45) is 4.44. The summed E-state index contributed by atoms with van der Waals surface area (Å²) in [6.45, 7) is 6.61. The first-order chi connectivity index (χ1) is 21.9. The number of methoxy groups -OCH3 is 1. The van der Waals surface area contributed by atoms with Crippen molar-refractivity contribution in [3.05, 3.63) is 99.1 Å². The number of nitrogens with one attached hydrogen (secondary N) is 1. The van der Waals surface area contributed by atoms with Crippen molar-refractivity contribution in [1.82, 2.24) is 10.2 Å². The lowest BCUT2D eigenvalue weighted by molar-refractivity contribution is -0.128. The van der Waals surface area contributed by atoms with Crippen molar-refractivity contribution in [3.63, 3.8) is 0 Å². The minimum absolute atomic E-state index is 0.0384. The Morgan fingerprint density at radius 1 is 1.00 bits per heavy atom. The molecule has 3 aromatic rings. The normalized spacial score (nSPS) is 16.5. The third-order valence-corrected chi connectivity index (χ3v) is 8.94. The Hall–Kier alpha value is -3.36. The van der Waals surface area contributed by atoms with Crippen LogP contribution in [-0.4, -0.2) is 68.1 Å². The zero-order chi connectivity index (χ0) is 31.8. The fraction of sp³-hybridized carbons (Fsp3) is 0.432. The number of benzene rings is 3. The predicted molar refractivity (Wildman–Crippen MR) is 179 cm³/mol. The van der Waals surface area contributed by atoms with E-state index in [-0.39, 0.29) is 18.6 Å². The highest BCUT2D eigenvalue weighted by molar-refractivity contribution is 6.31. The first kappa shape index (κ1) is 33.0. The monoisotopic (exact) mass is 632 g/mol. The van der Waals surface area contributed by atoms with Crippen molar-refractivity contribution < 1.29 is 24.1 Å². The summed E-state index contributed by atoms with van der Waals surface area (Å²) in [5.41, 5.74) is 6.91. The number of aliphatic hydroxyl groups excluding tert-OH is 1. The van der Waals surface area contributed by atoms with E-state index in [0.717, 1.165) is 65.0 Å². The molecule has 2 N–H and O–H groups in total. The molecule has 0 bridgehead atoms. The number of ether oxygens (including phenoxy) is 3. The van der Waals surface area contributed by atoms with Crippen LogP contribution in [0, 0.1) is 13.8 Å². The van der Waals surface area contributed by atoms with E-state index < -0.39 is 6.04 Å². The number of carbonyl (C=O) groups excluding carboxylic acids is 1. The summed E-state index contributed by atoms with van der Waals surface area (Å²) >= 11 is 6.66. The van der Waals surface area contributed by atoms with Gasteiger partial charge in [-0.15, -0.1) is 0 Å². The third-order valence-electron chi connectivity index (χ3n) is 8.58. The van der Waals surface area contributed by atoms with Gasteiger partial charge in [-0.05, 0) is 104 Å². The molecule has 5 rings (SSSR count). The number of aliphatic hydroxyl groups is 1. The Kier molecular flexibility index (Phi) is 11.6. The van der Waals surface area contributed by atoms with Crippen LogP contribution >= 0.6 is 11.6 Å². The van der Waals surface area contributed by atoms with Crippen LogP contribution in [0.4, 0.5) is 0 Å². The fourth-order valence-corrected chi connectivity index (χ4v) is 6.23. The zero-order valence-electron chi connectivity index (χ0n) is 26.6. The molecule has 1 aliphatic carbocycles. The van der Waals surface area contributed by atoms with Crippen LogP contribution in [0.15, 0.2) is 66.2 Å². The van der Waals surface area contributed by atoms with E-state index in [4.69, 9.17) is 25.8 Å². The SMILES string of the molecule is COCCCc1ccc(Cl)c(CN(C(=O)C2=C(c3ccc(OCCOc4c(C)cccc4C)cc3)CCN[C@@H]2CO)C2CC2)c1. The van der Waals surface area contributed by atoms with Gasteiger partial charge in [0.15, 0.2) is 0 Å². The molecule has 0 spiro atoms. The standard InChI is InChI=1S/C37H45ClN2O5/c1-25-6-4-7-26(2)36(25)45-21-20-44-31-14-10-28(11-15-31)32-17-18-39-34(24-41)35(32)37(42)40(30-12-13-30)23-29-22-27(8-5-19-43-3)9-16-33(29)38/h4,6-7,9-11,14-16,22,30,34,39,41H,5,8,12-13,17-21,23-24H2,1-3H3/t34-/m1/s1. The lowest BCUT2D eigenvalue weighted by Gasteiger charge is -2.33. The molecule has 1 atom stereocenters. The van der Waals surface area contributed by atoms with Crippen molar-refractivity contribution in [2.75, 3.05) is 40.1 Å². The number of amides is 1. The van der Waals surface area contributed by atoms with Crippen LogP contribution in [0.3, 0.4) is 0 Å². The molecule has 7 nitrogen and oxygen atoms in total. The topological polar surface area (TPSA) is 80.3 Å². The number of hydrogen-bond acceptors (Lipinski definition) is 6. The number of hydrogen-bond donors (Lipinski definition) is 2. The van der Waals surface area contributed by atoms with E-state index in [1.165, 1.54) is 5.56 Å². The van der Waals surface area contributed by atoms with Crippen molar-refractivity contribution in [1.29, 1.82) is 0 Å². The molecule has 2 aliphatic rings. The summed E-state index contributed by atoms with van der Waals surface area (Å²) < 4.78 is 17.2. The molecule has 0 aromatic heterocycles. The molecule has 240 valence electrons. The van der Waals surface area contributed by atoms with Crippen molar-refractivity contribution in [2.45, 2.75) is 64.6 Å². The molecule has 0 unspecified atom stereocenters. The lowest BCUT2D eigenvalue weighted by Crippen LogP contribution is -2.46. The molecule has 1 aliphatic heterocycles. The average Bonchev–Trinajstić information content (AvgIpc) is 3.89. The van der Waals surface area contributed by atoms with Gasteiger partial charge in [0.1, 0.15) is 24.7 Å². The molecule has 0 saturated heterocycles. The van der Waals surface area contributed by atoms with Crippen LogP contribution in [0.5, 0.6) is 11.5 Å². The molecular weight excluding hydrogens is 588 g/mol. The van der Waals surface area contributed by atoms with Gasteiger partial charge in [0.2, 0.25) is 0 Å². The number of aryl methyl sites for hydroxylation is 3. The Morgan fingerprint density at radius 2 is 1.73 bits per heavy atom. The maximum Gasteiger partial charge on any atom is 0.252 e. The van der Waals surface area contributed by atoms with E-state index in [1.54, 1.807) is 7.11 Å². The van der Waals surface area contributed by atoms with E-state index in [1.807, 2.05) is 73.3 Å². The van der Waals surface area contributed by atoms with Gasteiger partial charge in [0.25, 0.3) is 5.91 Å². The molecule has 8 heteroatoms. The van der Waals surface area contributed by atoms with Gasteiger partial charge in [0.05, 0.1) is 12.6 Å². The van der Waals surface area contributed by atoms with E-state index >= 15 is 0 Å². The highest BCUT2D eigenvalue weighted by Crippen LogP contribution is 2.36. The molecule has 1 fully saturated rings. The highest BCUT2D eigenvalue weighted by Gasteiger charge is 2.38. The Balaban J connectivity index is 1.31. The molecule has 1 heterocycles.